The minimum absolute atomic E-state index is 0.595. The molecule has 0 radical (unpaired) electrons. The lowest BCUT2D eigenvalue weighted by Gasteiger charge is -2.41. The third-order valence-corrected chi connectivity index (χ3v) is 5.51. The van der Waals surface area contributed by atoms with Gasteiger partial charge in [0.1, 0.15) is 0 Å². The van der Waals surface area contributed by atoms with Gasteiger partial charge in [-0.1, -0.05) is 42.6 Å². The highest BCUT2D eigenvalue weighted by Gasteiger charge is 2.37. The highest BCUT2D eigenvalue weighted by atomic mass is 35.5. The Labute approximate surface area is 137 Å². The SMILES string of the molecule is CCCC1CNC(C2CC2)CN1Cc1c(Cl)cccc1Cl. The fourth-order valence-electron chi connectivity index (χ4n) is 3.40. The molecule has 2 atom stereocenters. The van der Waals surface area contributed by atoms with E-state index in [1.807, 2.05) is 18.2 Å². The van der Waals surface area contributed by atoms with Gasteiger partial charge in [0.25, 0.3) is 0 Å². The molecule has 2 unspecified atom stereocenters. The Balaban J connectivity index is 1.74. The van der Waals surface area contributed by atoms with Crippen molar-refractivity contribution in [3.8, 4) is 0 Å². The van der Waals surface area contributed by atoms with Crippen LogP contribution in [0.4, 0.5) is 0 Å². The van der Waals surface area contributed by atoms with E-state index in [2.05, 4.69) is 17.1 Å². The Morgan fingerprint density at radius 1 is 1.24 bits per heavy atom. The van der Waals surface area contributed by atoms with E-state index in [1.165, 1.54) is 25.7 Å². The molecule has 1 heterocycles. The van der Waals surface area contributed by atoms with E-state index in [1.54, 1.807) is 0 Å². The zero-order chi connectivity index (χ0) is 14.8. The number of nitrogens with one attached hydrogen (secondary N) is 1. The van der Waals surface area contributed by atoms with Crippen molar-refractivity contribution in [1.29, 1.82) is 0 Å². The second kappa shape index (κ2) is 6.87. The summed E-state index contributed by atoms with van der Waals surface area (Å²) in [5.74, 6) is 0.886. The molecule has 1 N–H and O–H groups in total. The van der Waals surface area contributed by atoms with Gasteiger partial charge in [-0.15, -0.1) is 0 Å². The first-order valence-electron chi connectivity index (χ1n) is 8.09. The standard InChI is InChI=1S/C17H24Cl2N2/c1-2-4-13-9-20-17(12-7-8-12)11-21(13)10-14-15(18)5-3-6-16(14)19/h3,5-6,12-13,17,20H,2,4,7-11H2,1H3. The molecule has 4 heteroatoms. The molecule has 1 saturated heterocycles. The molecule has 0 amide bonds. The van der Waals surface area contributed by atoms with Crippen molar-refractivity contribution in [1.82, 2.24) is 10.2 Å². The van der Waals surface area contributed by atoms with E-state index in [4.69, 9.17) is 23.2 Å². The van der Waals surface area contributed by atoms with Gasteiger partial charge in [-0.2, -0.15) is 0 Å². The molecule has 1 aliphatic carbocycles. The van der Waals surface area contributed by atoms with Gasteiger partial charge in [0.05, 0.1) is 0 Å². The molecule has 0 bridgehead atoms. The third-order valence-electron chi connectivity index (χ3n) is 4.80. The minimum atomic E-state index is 0.595. The topological polar surface area (TPSA) is 15.3 Å². The summed E-state index contributed by atoms with van der Waals surface area (Å²) in [5, 5.41) is 5.34. The lowest BCUT2D eigenvalue weighted by Crippen LogP contribution is -2.56. The summed E-state index contributed by atoms with van der Waals surface area (Å²) >= 11 is 12.7. The summed E-state index contributed by atoms with van der Waals surface area (Å²) in [5.41, 5.74) is 1.08. The van der Waals surface area contributed by atoms with Crippen molar-refractivity contribution in [3.63, 3.8) is 0 Å². The molecule has 21 heavy (non-hydrogen) atoms. The Morgan fingerprint density at radius 3 is 2.57 bits per heavy atom. The molecule has 0 spiro atoms. The molecule has 1 aromatic rings. The van der Waals surface area contributed by atoms with Gasteiger partial charge in [0.2, 0.25) is 0 Å². The second-order valence-electron chi connectivity index (χ2n) is 6.42. The summed E-state index contributed by atoms with van der Waals surface area (Å²) in [6.07, 6.45) is 5.22. The number of nitrogens with zero attached hydrogens (tertiary/aromatic N) is 1. The van der Waals surface area contributed by atoms with Crippen LogP contribution >= 0.6 is 23.2 Å². The summed E-state index contributed by atoms with van der Waals surface area (Å²) in [4.78, 5) is 2.59. The molecule has 2 fully saturated rings. The number of rotatable bonds is 5. The molecule has 1 aliphatic heterocycles. The van der Waals surface area contributed by atoms with Gasteiger partial charge < -0.3 is 5.32 Å². The van der Waals surface area contributed by atoms with Crippen LogP contribution in [-0.2, 0) is 6.54 Å². The molecule has 1 saturated carbocycles. The Morgan fingerprint density at radius 2 is 1.95 bits per heavy atom. The second-order valence-corrected chi connectivity index (χ2v) is 7.24. The number of benzene rings is 1. The van der Waals surface area contributed by atoms with Gasteiger partial charge in [0.15, 0.2) is 0 Å². The van der Waals surface area contributed by atoms with Gasteiger partial charge in [-0.3, -0.25) is 4.90 Å². The minimum Gasteiger partial charge on any atom is -0.311 e. The highest BCUT2D eigenvalue weighted by Crippen LogP contribution is 2.35. The van der Waals surface area contributed by atoms with Crippen molar-refractivity contribution in [2.45, 2.75) is 51.2 Å². The average Bonchev–Trinajstić information content (AvgIpc) is 3.29. The Hall–Kier alpha value is -0.280. The quantitative estimate of drug-likeness (QED) is 0.865. The summed E-state index contributed by atoms with van der Waals surface area (Å²) < 4.78 is 0. The molecular formula is C17H24Cl2N2. The van der Waals surface area contributed by atoms with Crippen molar-refractivity contribution >= 4 is 23.2 Å². The van der Waals surface area contributed by atoms with Crippen molar-refractivity contribution < 1.29 is 0 Å². The Kier molecular flexibility index (Phi) is 5.11. The van der Waals surface area contributed by atoms with Gasteiger partial charge in [0, 0.05) is 47.3 Å². The van der Waals surface area contributed by atoms with Crippen LogP contribution in [0.3, 0.4) is 0 Å². The summed E-state index contributed by atoms with van der Waals surface area (Å²) in [7, 11) is 0. The van der Waals surface area contributed by atoms with E-state index >= 15 is 0 Å². The van der Waals surface area contributed by atoms with Crippen LogP contribution in [0.5, 0.6) is 0 Å². The fourth-order valence-corrected chi connectivity index (χ4v) is 3.91. The lowest BCUT2D eigenvalue weighted by atomic mass is 10.0. The predicted molar refractivity (Wildman–Crippen MR) is 90.1 cm³/mol. The first kappa shape index (κ1) is 15.6. The summed E-state index contributed by atoms with van der Waals surface area (Å²) in [6.45, 7) is 5.34. The van der Waals surface area contributed by atoms with Crippen molar-refractivity contribution in [3.05, 3.63) is 33.8 Å². The van der Waals surface area contributed by atoms with Crippen molar-refractivity contribution in [2.24, 2.45) is 5.92 Å². The van der Waals surface area contributed by atoms with Crippen LogP contribution in [0.1, 0.15) is 38.2 Å². The van der Waals surface area contributed by atoms with Crippen LogP contribution in [0.25, 0.3) is 0 Å². The number of hydrogen-bond acceptors (Lipinski definition) is 2. The maximum Gasteiger partial charge on any atom is 0.0465 e. The number of piperazine rings is 1. The average molecular weight is 327 g/mol. The molecule has 2 nitrogen and oxygen atoms in total. The van der Waals surface area contributed by atoms with Gasteiger partial charge >= 0.3 is 0 Å². The van der Waals surface area contributed by atoms with Gasteiger partial charge in [-0.05, 0) is 37.3 Å². The van der Waals surface area contributed by atoms with Crippen LogP contribution in [-0.4, -0.2) is 30.1 Å². The highest BCUT2D eigenvalue weighted by molar-refractivity contribution is 6.35. The third kappa shape index (κ3) is 3.73. The normalized spacial score (nSPS) is 27.0. The van der Waals surface area contributed by atoms with Crippen LogP contribution in [0.15, 0.2) is 18.2 Å². The van der Waals surface area contributed by atoms with Gasteiger partial charge in [-0.25, -0.2) is 0 Å². The van der Waals surface area contributed by atoms with E-state index in [9.17, 15) is 0 Å². The molecule has 2 aliphatic rings. The van der Waals surface area contributed by atoms with Crippen molar-refractivity contribution in [2.75, 3.05) is 13.1 Å². The number of hydrogen-bond donors (Lipinski definition) is 1. The molecule has 1 aromatic carbocycles. The zero-order valence-electron chi connectivity index (χ0n) is 12.6. The Bertz CT molecular complexity index is 467. The first-order chi connectivity index (χ1) is 10.2. The van der Waals surface area contributed by atoms with Crippen LogP contribution < -0.4 is 5.32 Å². The monoisotopic (exact) mass is 326 g/mol. The molecule has 3 rings (SSSR count). The van der Waals surface area contributed by atoms with Crippen LogP contribution in [0, 0.1) is 5.92 Å². The lowest BCUT2D eigenvalue weighted by molar-refractivity contribution is 0.108. The first-order valence-corrected chi connectivity index (χ1v) is 8.85. The fraction of sp³-hybridized carbons (Fsp3) is 0.647. The smallest absolute Gasteiger partial charge is 0.0465 e. The van der Waals surface area contributed by atoms with E-state index in [-0.39, 0.29) is 0 Å². The number of halogens is 2. The van der Waals surface area contributed by atoms with E-state index in [0.717, 1.165) is 41.2 Å². The molecular weight excluding hydrogens is 303 g/mol. The molecule has 0 aromatic heterocycles. The zero-order valence-corrected chi connectivity index (χ0v) is 14.1. The van der Waals surface area contributed by atoms with E-state index < -0.39 is 0 Å². The predicted octanol–water partition coefficient (Wildman–Crippen LogP) is 4.35. The van der Waals surface area contributed by atoms with E-state index in [0.29, 0.717) is 12.1 Å². The maximum absolute atomic E-state index is 6.36. The molecule has 116 valence electrons. The maximum atomic E-state index is 6.36. The van der Waals surface area contributed by atoms with Crippen LogP contribution in [0.2, 0.25) is 10.0 Å². The summed E-state index contributed by atoms with van der Waals surface area (Å²) in [6, 6.07) is 7.05. The largest absolute Gasteiger partial charge is 0.311 e.